The first kappa shape index (κ1) is 14.7. The van der Waals surface area contributed by atoms with E-state index in [2.05, 4.69) is 41.4 Å². The zero-order chi connectivity index (χ0) is 16.7. The van der Waals surface area contributed by atoms with E-state index in [1.165, 1.54) is 16.6 Å². The summed E-state index contributed by atoms with van der Waals surface area (Å²) in [5.41, 5.74) is 3.59. The van der Waals surface area contributed by atoms with Crippen LogP contribution in [0.2, 0.25) is 0 Å². The molecule has 0 fully saturated rings. The fourth-order valence-corrected chi connectivity index (χ4v) is 3.32. The van der Waals surface area contributed by atoms with E-state index in [1.54, 1.807) is 6.20 Å². The van der Waals surface area contributed by atoms with E-state index in [1.807, 2.05) is 36.7 Å². The van der Waals surface area contributed by atoms with E-state index in [0.717, 1.165) is 28.6 Å². The number of hydrogen-bond donors (Lipinski definition) is 0. The summed E-state index contributed by atoms with van der Waals surface area (Å²) in [6, 6.07) is 10.0. The van der Waals surface area contributed by atoms with Gasteiger partial charge in [0.25, 0.3) is 0 Å². The number of fused-ring (bicyclic) bond motifs is 2. The largest absolute Gasteiger partial charge is 0.436 e. The molecule has 24 heavy (non-hydrogen) atoms. The summed E-state index contributed by atoms with van der Waals surface area (Å²) >= 11 is 0. The monoisotopic (exact) mass is 317 g/mol. The van der Waals surface area contributed by atoms with Crippen LogP contribution in [-0.2, 0) is 6.54 Å². The minimum absolute atomic E-state index is 0.648. The highest BCUT2D eigenvalue weighted by Crippen LogP contribution is 2.35. The number of pyridine rings is 2. The Kier molecular flexibility index (Phi) is 3.45. The van der Waals surface area contributed by atoms with Gasteiger partial charge in [-0.2, -0.15) is 0 Å². The molecule has 4 aromatic rings. The van der Waals surface area contributed by atoms with Crippen LogP contribution in [0.4, 0.5) is 0 Å². The molecule has 0 aliphatic heterocycles. The fourth-order valence-electron chi connectivity index (χ4n) is 3.32. The van der Waals surface area contributed by atoms with Gasteiger partial charge in [0.2, 0.25) is 5.88 Å². The molecule has 120 valence electrons. The summed E-state index contributed by atoms with van der Waals surface area (Å²) in [6.45, 7) is 7.33. The Bertz CT molecular complexity index is 1040. The van der Waals surface area contributed by atoms with Gasteiger partial charge >= 0.3 is 0 Å². The van der Waals surface area contributed by atoms with E-state index in [9.17, 15) is 0 Å². The Labute approximate surface area is 140 Å². The second-order valence-electron chi connectivity index (χ2n) is 5.92. The molecule has 0 N–H and O–H groups in total. The van der Waals surface area contributed by atoms with Crippen molar-refractivity contribution in [3.8, 4) is 11.6 Å². The summed E-state index contributed by atoms with van der Waals surface area (Å²) in [5, 5.41) is 3.29. The number of aryl methyl sites for hydroxylation is 2. The molecule has 0 saturated heterocycles. The Morgan fingerprint density at radius 1 is 1.04 bits per heavy atom. The SMILES string of the molecule is CCn1c(C)c(C)c2ccnc(Oc3cccc4cnccc34)c21. The molecule has 0 radical (unpaired) electrons. The lowest BCUT2D eigenvalue weighted by Gasteiger charge is -2.11. The highest BCUT2D eigenvalue weighted by atomic mass is 16.5. The fraction of sp³-hybridized carbons (Fsp3) is 0.200. The lowest BCUT2D eigenvalue weighted by molar-refractivity contribution is 0.471. The number of hydrogen-bond acceptors (Lipinski definition) is 3. The average Bonchev–Trinajstić information content (AvgIpc) is 2.87. The Morgan fingerprint density at radius 2 is 1.88 bits per heavy atom. The van der Waals surface area contributed by atoms with Crippen molar-refractivity contribution in [2.45, 2.75) is 27.3 Å². The van der Waals surface area contributed by atoms with Crippen LogP contribution in [0.1, 0.15) is 18.2 Å². The molecule has 0 saturated carbocycles. The van der Waals surface area contributed by atoms with Crippen molar-refractivity contribution in [3.63, 3.8) is 0 Å². The van der Waals surface area contributed by atoms with Gasteiger partial charge < -0.3 is 9.30 Å². The minimum atomic E-state index is 0.648. The number of nitrogens with zero attached hydrogens (tertiary/aromatic N) is 3. The van der Waals surface area contributed by atoms with Crippen molar-refractivity contribution in [3.05, 3.63) is 60.2 Å². The van der Waals surface area contributed by atoms with Crippen molar-refractivity contribution in [1.82, 2.24) is 14.5 Å². The second-order valence-corrected chi connectivity index (χ2v) is 5.92. The normalized spacial score (nSPS) is 11.3. The first-order valence-electron chi connectivity index (χ1n) is 8.15. The molecular formula is C20H19N3O. The summed E-state index contributed by atoms with van der Waals surface area (Å²) < 4.78 is 8.52. The molecule has 0 atom stereocenters. The van der Waals surface area contributed by atoms with Crippen molar-refractivity contribution in [1.29, 1.82) is 0 Å². The quantitative estimate of drug-likeness (QED) is 0.533. The average molecular weight is 317 g/mol. The van der Waals surface area contributed by atoms with Crippen LogP contribution >= 0.6 is 0 Å². The number of benzene rings is 1. The van der Waals surface area contributed by atoms with Gasteiger partial charge in [0.1, 0.15) is 11.3 Å². The van der Waals surface area contributed by atoms with Crippen LogP contribution in [0.3, 0.4) is 0 Å². The van der Waals surface area contributed by atoms with Crippen LogP contribution in [0, 0.1) is 13.8 Å². The zero-order valence-corrected chi connectivity index (χ0v) is 14.1. The third kappa shape index (κ3) is 2.14. The van der Waals surface area contributed by atoms with Crippen molar-refractivity contribution >= 4 is 21.7 Å². The molecule has 0 amide bonds. The smallest absolute Gasteiger partial charge is 0.244 e. The van der Waals surface area contributed by atoms with Crippen LogP contribution in [-0.4, -0.2) is 14.5 Å². The number of rotatable bonds is 3. The number of ether oxygens (including phenoxy) is 1. The van der Waals surface area contributed by atoms with Gasteiger partial charge in [-0.05, 0) is 44.5 Å². The van der Waals surface area contributed by atoms with E-state index in [-0.39, 0.29) is 0 Å². The molecule has 3 heterocycles. The minimum Gasteiger partial charge on any atom is -0.436 e. The third-order valence-electron chi connectivity index (χ3n) is 4.68. The molecule has 0 aliphatic carbocycles. The maximum Gasteiger partial charge on any atom is 0.244 e. The molecule has 0 unspecified atom stereocenters. The predicted octanol–water partition coefficient (Wildman–Crippen LogP) is 5.01. The van der Waals surface area contributed by atoms with Gasteiger partial charge in [-0.15, -0.1) is 0 Å². The molecule has 0 spiro atoms. The van der Waals surface area contributed by atoms with E-state index < -0.39 is 0 Å². The first-order chi connectivity index (χ1) is 11.7. The van der Waals surface area contributed by atoms with E-state index in [0.29, 0.717) is 5.88 Å². The van der Waals surface area contributed by atoms with Crippen LogP contribution in [0.15, 0.2) is 48.9 Å². The molecule has 1 aromatic carbocycles. The Hall–Kier alpha value is -2.88. The van der Waals surface area contributed by atoms with Gasteiger partial charge in [0, 0.05) is 47.0 Å². The molecule has 0 bridgehead atoms. The maximum absolute atomic E-state index is 6.26. The second kappa shape index (κ2) is 5.64. The molecule has 4 rings (SSSR count). The van der Waals surface area contributed by atoms with Gasteiger partial charge in [-0.1, -0.05) is 12.1 Å². The predicted molar refractivity (Wildman–Crippen MR) is 96.7 cm³/mol. The van der Waals surface area contributed by atoms with Crippen LogP contribution in [0.5, 0.6) is 11.6 Å². The third-order valence-corrected chi connectivity index (χ3v) is 4.68. The lowest BCUT2D eigenvalue weighted by atomic mass is 10.1. The first-order valence-corrected chi connectivity index (χ1v) is 8.15. The standard InChI is InChI=1S/C20H19N3O/c1-4-23-14(3)13(2)16-9-11-22-20(19(16)23)24-18-7-5-6-15-12-21-10-8-17(15)18/h5-12H,4H2,1-3H3. The van der Waals surface area contributed by atoms with E-state index >= 15 is 0 Å². The molecular weight excluding hydrogens is 298 g/mol. The van der Waals surface area contributed by atoms with Gasteiger partial charge in [0.15, 0.2) is 0 Å². The van der Waals surface area contributed by atoms with Crippen molar-refractivity contribution in [2.75, 3.05) is 0 Å². The van der Waals surface area contributed by atoms with Gasteiger partial charge in [-0.25, -0.2) is 4.98 Å². The van der Waals surface area contributed by atoms with Crippen LogP contribution < -0.4 is 4.74 Å². The highest BCUT2D eigenvalue weighted by Gasteiger charge is 2.16. The van der Waals surface area contributed by atoms with Crippen molar-refractivity contribution < 1.29 is 4.74 Å². The summed E-state index contributed by atoms with van der Waals surface area (Å²) in [6.07, 6.45) is 5.45. The summed E-state index contributed by atoms with van der Waals surface area (Å²) in [7, 11) is 0. The summed E-state index contributed by atoms with van der Waals surface area (Å²) in [4.78, 5) is 8.69. The molecule has 0 aliphatic rings. The Morgan fingerprint density at radius 3 is 2.71 bits per heavy atom. The maximum atomic E-state index is 6.26. The van der Waals surface area contributed by atoms with Gasteiger partial charge in [-0.3, -0.25) is 4.98 Å². The van der Waals surface area contributed by atoms with Gasteiger partial charge in [0.05, 0.1) is 0 Å². The molecule has 3 aromatic heterocycles. The molecule has 4 nitrogen and oxygen atoms in total. The van der Waals surface area contributed by atoms with Crippen LogP contribution in [0.25, 0.3) is 21.7 Å². The lowest BCUT2D eigenvalue weighted by Crippen LogP contribution is -1.99. The summed E-state index contributed by atoms with van der Waals surface area (Å²) in [5.74, 6) is 1.45. The highest BCUT2D eigenvalue weighted by molar-refractivity contribution is 5.91. The molecule has 4 heteroatoms. The number of aromatic nitrogens is 3. The zero-order valence-electron chi connectivity index (χ0n) is 14.1. The van der Waals surface area contributed by atoms with E-state index in [4.69, 9.17) is 4.74 Å². The topological polar surface area (TPSA) is 39.9 Å². The Balaban J connectivity index is 1.93. The van der Waals surface area contributed by atoms with Crippen molar-refractivity contribution in [2.24, 2.45) is 0 Å².